The van der Waals surface area contributed by atoms with Crippen LogP contribution in [0.1, 0.15) is 22.4 Å². The Bertz CT molecular complexity index is 537. The van der Waals surface area contributed by atoms with Gasteiger partial charge in [-0.1, -0.05) is 24.3 Å². The van der Waals surface area contributed by atoms with E-state index in [4.69, 9.17) is 4.74 Å². The third kappa shape index (κ3) is 2.65. The van der Waals surface area contributed by atoms with E-state index in [0.29, 0.717) is 13.0 Å². The molecule has 0 radical (unpaired) electrons. The SMILES string of the molecule is COCc1ccc(Cc2c(C)[nH][nH]c2=O)cc1. The minimum absolute atomic E-state index is 0.0385. The van der Waals surface area contributed by atoms with Gasteiger partial charge in [0.1, 0.15) is 0 Å². The molecular weight excluding hydrogens is 216 g/mol. The van der Waals surface area contributed by atoms with Gasteiger partial charge in [0.05, 0.1) is 6.61 Å². The predicted octanol–water partition coefficient (Wildman–Crippen LogP) is 1.75. The van der Waals surface area contributed by atoms with E-state index in [2.05, 4.69) is 10.2 Å². The first-order valence-corrected chi connectivity index (χ1v) is 5.53. The molecule has 2 aromatic rings. The van der Waals surface area contributed by atoms with Crippen LogP contribution in [0.4, 0.5) is 0 Å². The molecular formula is C13H16N2O2. The van der Waals surface area contributed by atoms with E-state index in [-0.39, 0.29) is 5.56 Å². The molecule has 0 spiro atoms. The molecule has 0 amide bonds. The first kappa shape index (κ1) is 11.7. The predicted molar refractivity (Wildman–Crippen MR) is 66.1 cm³/mol. The average molecular weight is 232 g/mol. The van der Waals surface area contributed by atoms with Crippen LogP contribution in [0.3, 0.4) is 0 Å². The zero-order chi connectivity index (χ0) is 12.3. The second-order valence-corrected chi connectivity index (χ2v) is 4.11. The van der Waals surface area contributed by atoms with Crippen molar-refractivity contribution in [1.29, 1.82) is 0 Å². The lowest BCUT2D eigenvalue weighted by atomic mass is 10.0. The Balaban J connectivity index is 2.17. The molecule has 90 valence electrons. The van der Waals surface area contributed by atoms with Gasteiger partial charge in [-0.25, -0.2) is 0 Å². The van der Waals surface area contributed by atoms with E-state index in [1.54, 1.807) is 7.11 Å². The molecule has 4 heteroatoms. The van der Waals surface area contributed by atoms with Crippen LogP contribution in [0.25, 0.3) is 0 Å². The van der Waals surface area contributed by atoms with E-state index in [9.17, 15) is 4.79 Å². The van der Waals surface area contributed by atoms with Crippen molar-refractivity contribution in [3.05, 3.63) is 57.0 Å². The summed E-state index contributed by atoms with van der Waals surface area (Å²) in [5.74, 6) is 0. The maximum Gasteiger partial charge on any atom is 0.267 e. The van der Waals surface area contributed by atoms with Gasteiger partial charge < -0.3 is 9.84 Å². The van der Waals surface area contributed by atoms with Gasteiger partial charge in [-0.3, -0.25) is 9.89 Å². The summed E-state index contributed by atoms with van der Waals surface area (Å²) >= 11 is 0. The molecule has 0 fully saturated rings. The number of H-pyrrole nitrogens is 2. The number of hydrogen-bond donors (Lipinski definition) is 2. The number of benzene rings is 1. The fourth-order valence-electron chi connectivity index (χ4n) is 1.81. The summed E-state index contributed by atoms with van der Waals surface area (Å²) in [5, 5.41) is 5.42. The van der Waals surface area contributed by atoms with Gasteiger partial charge in [-0.2, -0.15) is 0 Å². The molecule has 0 aliphatic rings. The van der Waals surface area contributed by atoms with Gasteiger partial charge >= 0.3 is 0 Å². The van der Waals surface area contributed by atoms with E-state index in [0.717, 1.165) is 22.4 Å². The topological polar surface area (TPSA) is 57.9 Å². The van der Waals surface area contributed by atoms with Gasteiger partial charge in [0.25, 0.3) is 5.56 Å². The van der Waals surface area contributed by atoms with Crippen LogP contribution in [0.2, 0.25) is 0 Å². The quantitative estimate of drug-likeness (QED) is 0.843. The molecule has 0 bridgehead atoms. The number of ether oxygens (including phenoxy) is 1. The number of aromatic nitrogens is 2. The lowest BCUT2D eigenvalue weighted by Gasteiger charge is -2.02. The summed E-state index contributed by atoms with van der Waals surface area (Å²) in [4.78, 5) is 11.5. The maximum atomic E-state index is 11.5. The van der Waals surface area contributed by atoms with Crippen molar-refractivity contribution >= 4 is 0 Å². The van der Waals surface area contributed by atoms with Crippen LogP contribution in [-0.4, -0.2) is 17.3 Å². The molecule has 0 aliphatic carbocycles. The lowest BCUT2D eigenvalue weighted by Crippen LogP contribution is -2.06. The summed E-state index contributed by atoms with van der Waals surface area (Å²) in [6.07, 6.45) is 0.651. The van der Waals surface area contributed by atoms with E-state index in [1.807, 2.05) is 31.2 Å². The third-order valence-electron chi connectivity index (χ3n) is 2.81. The summed E-state index contributed by atoms with van der Waals surface area (Å²) in [5.41, 5.74) is 3.91. The van der Waals surface area contributed by atoms with Crippen LogP contribution in [-0.2, 0) is 17.8 Å². The second kappa shape index (κ2) is 5.01. The second-order valence-electron chi connectivity index (χ2n) is 4.11. The number of nitrogens with one attached hydrogen (secondary N) is 2. The molecule has 1 aromatic heterocycles. The van der Waals surface area contributed by atoms with Crippen molar-refractivity contribution in [2.45, 2.75) is 20.0 Å². The van der Waals surface area contributed by atoms with E-state index in [1.165, 1.54) is 0 Å². The summed E-state index contributed by atoms with van der Waals surface area (Å²) in [6, 6.07) is 8.10. The smallest absolute Gasteiger partial charge is 0.267 e. The lowest BCUT2D eigenvalue weighted by molar-refractivity contribution is 0.185. The first-order chi connectivity index (χ1) is 8.20. The van der Waals surface area contributed by atoms with Gasteiger partial charge in [0, 0.05) is 24.8 Å². The van der Waals surface area contributed by atoms with Crippen LogP contribution < -0.4 is 5.56 Å². The van der Waals surface area contributed by atoms with Crippen LogP contribution in [0.5, 0.6) is 0 Å². The molecule has 1 heterocycles. The number of methoxy groups -OCH3 is 1. The molecule has 0 atom stereocenters. The third-order valence-corrected chi connectivity index (χ3v) is 2.81. The van der Waals surface area contributed by atoms with Gasteiger partial charge in [-0.15, -0.1) is 0 Å². The largest absolute Gasteiger partial charge is 0.380 e. The zero-order valence-corrected chi connectivity index (χ0v) is 10.0. The first-order valence-electron chi connectivity index (χ1n) is 5.53. The highest BCUT2D eigenvalue weighted by Crippen LogP contribution is 2.10. The number of rotatable bonds is 4. The van der Waals surface area contributed by atoms with Crippen molar-refractivity contribution in [2.24, 2.45) is 0 Å². The fourth-order valence-corrected chi connectivity index (χ4v) is 1.81. The highest BCUT2D eigenvalue weighted by molar-refractivity contribution is 5.29. The normalized spacial score (nSPS) is 10.7. The Hall–Kier alpha value is -1.81. The summed E-state index contributed by atoms with van der Waals surface area (Å²) in [6.45, 7) is 2.51. The summed E-state index contributed by atoms with van der Waals surface area (Å²) < 4.78 is 5.05. The minimum atomic E-state index is -0.0385. The molecule has 2 N–H and O–H groups in total. The Morgan fingerprint density at radius 1 is 1.12 bits per heavy atom. The van der Waals surface area contributed by atoms with Crippen LogP contribution >= 0.6 is 0 Å². The standard InChI is InChI=1S/C13H16N2O2/c1-9-12(13(16)15-14-9)7-10-3-5-11(6-4-10)8-17-2/h3-6H,7-8H2,1-2H3,(H2,14,15,16). The monoisotopic (exact) mass is 232 g/mol. The Morgan fingerprint density at radius 2 is 1.76 bits per heavy atom. The minimum Gasteiger partial charge on any atom is -0.380 e. The van der Waals surface area contributed by atoms with E-state index < -0.39 is 0 Å². The fraction of sp³-hybridized carbons (Fsp3) is 0.308. The molecule has 0 aliphatic heterocycles. The zero-order valence-electron chi connectivity index (χ0n) is 10.0. The maximum absolute atomic E-state index is 11.5. The highest BCUT2D eigenvalue weighted by atomic mass is 16.5. The van der Waals surface area contributed by atoms with Gasteiger partial charge in [0.2, 0.25) is 0 Å². The Labute approximate surface area is 99.6 Å². The van der Waals surface area contributed by atoms with E-state index >= 15 is 0 Å². The van der Waals surface area contributed by atoms with Crippen molar-refractivity contribution in [3.63, 3.8) is 0 Å². The number of aryl methyl sites for hydroxylation is 1. The molecule has 17 heavy (non-hydrogen) atoms. The molecule has 0 unspecified atom stereocenters. The van der Waals surface area contributed by atoms with Crippen LogP contribution in [0, 0.1) is 6.92 Å². The van der Waals surface area contributed by atoms with Crippen molar-refractivity contribution in [3.8, 4) is 0 Å². The Kier molecular flexibility index (Phi) is 3.44. The molecule has 2 rings (SSSR count). The van der Waals surface area contributed by atoms with Gasteiger partial charge in [-0.05, 0) is 18.1 Å². The van der Waals surface area contributed by atoms with Crippen molar-refractivity contribution < 1.29 is 4.74 Å². The van der Waals surface area contributed by atoms with Crippen molar-refractivity contribution in [2.75, 3.05) is 7.11 Å². The Morgan fingerprint density at radius 3 is 2.29 bits per heavy atom. The van der Waals surface area contributed by atoms with Crippen LogP contribution in [0.15, 0.2) is 29.1 Å². The molecule has 0 saturated carbocycles. The summed E-state index contributed by atoms with van der Waals surface area (Å²) in [7, 11) is 1.68. The number of aromatic amines is 2. The molecule has 0 saturated heterocycles. The molecule has 1 aromatic carbocycles. The molecule has 4 nitrogen and oxygen atoms in total. The highest BCUT2D eigenvalue weighted by Gasteiger charge is 2.06. The van der Waals surface area contributed by atoms with Crippen molar-refractivity contribution in [1.82, 2.24) is 10.2 Å². The van der Waals surface area contributed by atoms with Gasteiger partial charge in [0.15, 0.2) is 0 Å². The average Bonchev–Trinajstić information content (AvgIpc) is 2.64. The number of hydrogen-bond acceptors (Lipinski definition) is 2.